The van der Waals surface area contributed by atoms with Crippen LogP contribution in [0.4, 0.5) is 5.69 Å². The van der Waals surface area contributed by atoms with Gasteiger partial charge in [-0.25, -0.2) is 0 Å². The van der Waals surface area contributed by atoms with Gasteiger partial charge < -0.3 is 5.32 Å². The molecular weight excluding hydrogens is 276 g/mol. The van der Waals surface area contributed by atoms with Crippen molar-refractivity contribution in [1.29, 1.82) is 0 Å². The van der Waals surface area contributed by atoms with Gasteiger partial charge in [-0.05, 0) is 43.7 Å². The summed E-state index contributed by atoms with van der Waals surface area (Å²) in [4.78, 5) is 16.1. The van der Waals surface area contributed by atoms with Crippen molar-refractivity contribution in [1.82, 2.24) is 15.2 Å². The minimum atomic E-state index is -0.186. The van der Waals surface area contributed by atoms with Crippen LogP contribution in [-0.2, 0) is 4.79 Å². The highest BCUT2D eigenvalue weighted by Crippen LogP contribution is 2.17. The number of fused-ring (bicyclic) bond motifs is 1. The van der Waals surface area contributed by atoms with E-state index in [2.05, 4.69) is 20.5 Å². The van der Waals surface area contributed by atoms with Gasteiger partial charge in [0.25, 0.3) is 0 Å². The summed E-state index contributed by atoms with van der Waals surface area (Å²) in [5.41, 5.74) is 4.36. The zero-order chi connectivity index (χ0) is 15.5. The van der Waals surface area contributed by atoms with Crippen molar-refractivity contribution in [3.63, 3.8) is 0 Å². The molecule has 0 unspecified atom stereocenters. The Balaban J connectivity index is 1.74. The number of benzene rings is 1. The lowest BCUT2D eigenvalue weighted by atomic mass is 10.1. The van der Waals surface area contributed by atoms with Gasteiger partial charge in [0.05, 0.1) is 16.9 Å². The minimum Gasteiger partial charge on any atom is -0.321 e. The Kier molecular flexibility index (Phi) is 3.70. The molecule has 0 aliphatic carbocycles. The summed E-state index contributed by atoms with van der Waals surface area (Å²) in [6.07, 6.45) is 4.97. The maximum Gasteiger partial charge on any atom is 0.248 e. The van der Waals surface area contributed by atoms with Gasteiger partial charge in [0, 0.05) is 23.4 Å². The molecule has 5 heteroatoms. The van der Waals surface area contributed by atoms with Crippen LogP contribution in [0.15, 0.2) is 42.6 Å². The fraction of sp³-hybridized carbons (Fsp3) is 0.118. The molecule has 0 fully saturated rings. The standard InChI is InChI=1S/C17H16N4O/c1-11-14-7-5-13(10-16(14)21-20-11)6-8-17(22)19-15-4-3-9-18-12(15)2/h3-10H,1-2H3,(H,19,22)(H,20,21)/b8-6+. The van der Waals surface area contributed by atoms with E-state index in [1.165, 1.54) is 6.08 Å². The highest BCUT2D eigenvalue weighted by Gasteiger charge is 2.03. The number of aromatic amines is 1. The van der Waals surface area contributed by atoms with Gasteiger partial charge in [0.1, 0.15) is 0 Å². The number of hydrogen-bond acceptors (Lipinski definition) is 3. The predicted molar refractivity (Wildman–Crippen MR) is 87.5 cm³/mol. The quantitative estimate of drug-likeness (QED) is 0.728. The third kappa shape index (κ3) is 2.88. The van der Waals surface area contributed by atoms with Gasteiger partial charge in [0.15, 0.2) is 0 Å². The summed E-state index contributed by atoms with van der Waals surface area (Å²) in [5.74, 6) is -0.186. The first kappa shape index (κ1) is 14.0. The molecule has 0 saturated carbocycles. The van der Waals surface area contributed by atoms with Crippen LogP contribution in [0.5, 0.6) is 0 Å². The Labute approximate surface area is 128 Å². The Bertz CT molecular complexity index is 864. The number of carbonyl (C=O) groups excluding carboxylic acids is 1. The molecule has 0 aliphatic heterocycles. The number of amides is 1. The highest BCUT2D eigenvalue weighted by molar-refractivity contribution is 6.02. The first-order valence-electron chi connectivity index (χ1n) is 6.99. The average molecular weight is 292 g/mol. The summed E-state index contributed by atoms with van der Waals surface area (Å²) in [6.45, 7) is 3.84. The van der Waals surface area contributed by atoms with E-state index in [-0.39, 0.29) is 5.91 Å². The third-order valence-electron chi connectivity index (χ3n) is 3.46. The topological polar surface area (TPSA) is 70.7 Å². The molecule has 0 saturated heterocycles. The number of anilines is 1. The summed E-state index contributed by atoms with van der Waals surface area (Å²) in [5, 5.41) is 11.1. The minimum absolute atomic E-state index is 0.186. The fourth-order valence-corrected chi connectivity index (χ4v) is 2.23. The molecule has 0 radical (unpaired) electrons. The molecule has 110 valence electrons. The Hall–Kier alpha value is -2.95. The Morgan fingerprint density at radius 1 is 1.27 bits per heavy atom. The first-order chi connectivity index (χ1) is 10.6. The van der Waals surface area contributed by atoms with Gasteiger partial charge in [-0.2, -0.15) is 5.10 Å². The van der Waals surface area contributed by atoms with Crippen LogP contribution in [-0.4, -0.2) is 21.1 Å². The third-order valence-corrected chi connectivity index (χ3v) is 3.46. The fourth-order valence-electron chi connectivity index (χ4n) is 2.23. The molecule has 1 amide bonds. The number of H-pyrrole nitrogens is 1. The number of aryl methyl sites for hydroxylation is 2. The van der Waals surface area contributed by atoms with Crippen LogP contribution in [0, 0.1) is 13.8 Å². The number of pyridine rings is 1. The van der Waals surface area contributed by atoms with Crippen molar-refractivity contribution in [2.45, 2.75) is 13.8 Å². The lowest BCUT2D eigenvalue weighted by Gasteiger charge is -2.04. The number of nitrogens with zero attached hydrogens (tertiary/aromatic N) is 2. The summed E-state index contributed by atoms with van der Waals surface area (Å²) < 4.78 is 0. The molecule has 3 rings (SSSR count). The predicted octanol–water partition coefficient (Wildman–Crippen LogP) is 3.23. The molecule has 2 aromatic heterocycles. The molecule has 0 aliphatic rings. The molecule has 2 N–H and O–H groups in total. The number of hydrogen-bond donors (Lipinski definition) is 2. The van der Waals surface area contributed by atoms with Crippen LogP contribution in [0.25, 0.3) is 17.0 Å². The van der Waals surface area contributed by atoms with Crippen molar-refractivity contribution in [3.8, 4) is 0 Å². The van der Waals surface area contributed by atoms with Crippen molar-refractivity contribution >= 4 is 28.6 Å². The normalized spacial score (nSPS) is 11.2. The van der Waals surface area contributed by atoms with E-state index < -0.39 is 0 Å². The van der Waals surface area contributed by atoms with Crippen LogP contribution >= 0.6 is 0 Å². The Morgan fingerprint density at radius 2 is 2.14 bits per heavy atom. The van der Waals surface area contributed by atoms with Crippen molar-refractivity contribution in [3.05, 3.63) is 59.6 Å². The van der Waals surface area contributed by atoms with E-state index in [1.54, 1.807) is 18.3 Å². The lowest BCUT2D eigenvalue weighted by Crippen LogP contribution is -2.09. The average Bonchev–Trinajstić information content (AvgIpc) is 2.88. The Morgan fingerprint density at radius 3 is 2.95 bits per heavy atom. The number of carbonyl (C=O) groups is 1. The molecule has 0 atom stereocenters. The van der Waals surface area contributed by atoms with Crippen molar-refractivity contribution in [2.75, 3.05) is 5.32 Å². The van der Waals surface area contributed by atoms with E-state index in [4.69, 9.17) is 0 Å². The first-order valence-corrected chi connectivity index (χ1v) is 6.99. The van der Waals surface area contributed by atoms with E-state index in [9.17, 15) is 4.79 Å². The van der Waals surface area contributed by atoms with E-state index >= 15 is 0 Å². The molecule has 0 spiro atoms. The second-order valence-electron chi connectivity index (χ2n) is 5.08. The van der Waals surface area contributed by atoms with E-state index in [0.717, 1.165) is 33.5 Å². The zero-order valence-corrected chi connectivity index (χ0v) is 12.4. The molecule has 0 bridgehead atoms. The van der Waals surface area contributed by atoms with Crippen molar-refractivity contribution < 1.29 is 4.79 Å². The smallest absolute Gasteiger partial charge is 0.248 e. The molecule has 2 heterocycles. The van der Waals surface area contributed by atoms with Crippen molar-refractivity contribution in [2.24, 2.45) is 0 Å². The molecular formula is C17H16N4O. The largest absolute Gasteiger partial charge is 0.321 e. The lowest BCUT2D eigenvalue weighted by molar-refractivity contribution is -0.111. The van der Waals surface area contributed by atoms with E-state index in [1.807, 2.05) is 38.1 Å². The highest BCUT2D eigenvalue weighted by atomic mass is 16.1. The maximum absolute atomic E-state index is 12.0. The van der Waals surface area contributed by atoms with E-state index in [0.29, 0.717) is 0 Å². The molecule has 3 aromatic rings. The monoisotopic (exact) mass is 292 g/mol. The zero-order valence-electron chi connectivity index (χ0n) is 12.4. The van der Waals surface area contributed by atoms with Crippen LogP contribution in [0.2, 0.25) is 0 Å². The number of nitrogens with one attached hydrogen (secondary N) is 2. The molecule has 1 aromatic carbocycles. The van der Waals surface area contributed by atoms with Gasteiger partial charge >= 0.3 is 0 Å². The van der Waals surface area contributed by atoms with Crippen LogP contribution in [0.1, 0.15) is 17.0 Å². The summed E-state index contributed by atoms with van der Waals surface area (Å²) in [6, 6.07) is 9.52. The maximum atomic E-state index is 12.0. The van der Waals surface area contributed by atoms with Crippen LogP contribution < -0.4 is 5.32 Å². The van der Waals surface area contributed by atoms with Gasteiger partial charge in [0.2, 0.25) is 5.91 Å². The molecule has 22 heavy (non-hydrogen) atoms. The summed E-state index contributed by atoms with van der Waals surface area (Å²) >= 11 is 0. The molecule has 5 nitrogen and oxygen atoms in total. The number of rotatable bonds is 3. The second-order valence-corrected chi connectivity index (χ2v) is 5.08. The van der Waals surface area contributed by atoms with Crippen LogP contribution in [0.3, 0.4) is 0 Å². The summed E-state index contributed by atoms with van der Waals surface area (Å²) in [7, 11) is 0. The van der Waals surface area contributed by atoms with Gasteiger partial charge in [-0.1, -0.05) is 12.1 Å². The SMILES string of the molecule is Cc1ncccc1NC(=O)/C=C/c1ccc2c(C)[nH]nc2c1. The van der Waals surface area contributed by atoms with Gasteiger partial charge in [-0.3, -0.25) is 14.9 Å². The van der Waals surface area contributed by atoms with Gasteiger partial charge in [-0.15, -0.1) is 0 Å². The second kappa shape index (κ2) is 5.81. The number of aromatic nitrogens is 3.